The molecule has 23 heavy (non-hydrogen) atoms. The number of benzene rings is 1. The molecule has 1 atom stereocenters. The number of carbonyl (C=O) groups excluding carboxylic acids is 1. The Morgan fingerprint density at radius 1 is 1.48 bits per heavy atom. The van der Waals surface area contributed by atoms with Gasteiger partial charge in [0, 0.05) is 17.2 Å². The number of aryl methyl sites for hydroxylation is 1. The molecule has 0 bridgehead atoms. The summed E-state index contributed by atoms with van der Waals surface area (Å²) in [5, 5.41) is 13.8. The maximum atomic E-state index is 13.0. The maximum Gasteiger partial charge on any atom is 0.438 e. The van der Waals surface area contributed by atoms with Crippen molar-refractivity contribution in [2.75, 3.05) is 6.61 Å². The monoisotopic (exact) mass is 350 g/mol. The summed E-state index contributed by atoms with van der Waals surface area (Å²) in [6.45, 7) is 2.32. The summed E-state index contributed by atoms with van der Waals surface area (Å²) in [6.07, 6.45) is -5.82. The van der Waals surface area contributed by atoms with Crippen LogP contribution >= 0.6 is 11.6 Å². The normalized spacial score (nSPS) is 21.3. The molecule has 9 heteroatoms. The highest BCUT2D eigenvalue weighted by atomic mass is 35.5. The molecule has 2 rings (SSSR count). The molecule has 0 fully saturated rings. The van der Waals surface area contributed by atoms with E-state index in [2.05, 4.69) is 5.10 Å². The van der Waals surface area contributed by atoms with Gasteiger partial charge in [0.2, 0.25) is 0 Å². The van der Waals surface area contributed by atoms with E-state index in [1.807, 2.05) is 0 Å². The molecule has 0 saturated carbocycles. The number of halogens is 4. The minimum absolute atomic E-state index is 0.000474. The van der Waals surface area contributed by atoms with Crippen LogP contribution in [0.25, 0.3) is 0 Å². The molecule has 0 unspecified atom stereocenters. The van der Waals surface area contributed by atoms with Crippen LogP contribution in [0.15, 0.2) is 23.3 Å². The minimum Gasteiger partial charge on any atom is -0.484 e. The summed E-state index contributed by atoms with van der Waals surface area (Å²) < 4.78 is 44.2. The number of ether oxygens (including phenoxy) is 1. The lowest BCUT2D eigenvalue weighted by Crippen LogP contribution is -2.57. The molecule has 5 nitrogen and oxygen atoms in total. The smallest absolute Gasteiger partial charge is 0.438 e. The predicted molar refractivity (Wildman–Crippen MR) is 77.3 cm³/mol. The third-order valence-electron chi connectivity index (χ3n) is 3.31. The van der Waals surface area contributed by atoms with E-state index in [0.717, 1.165) is 0 Å². The standard InChI is InChI=1S/C14H14ClF3N2O3/c1-8-5-10(3-4-11(8)15)23-7-12(21)20-13(22,14(16,17)18)6-9(2)19-20/h3-5,22H,6-7H2,1-2H3/t13-/m0/s1. The Morgan fingerprint density at radius 3 is 2.70 bits per heavy atom. The van der Waals surface area contributed by atoms with Crippen molar-refractivity contribution in [1.82, 2.24) is 5.01 Å². The van der Waals surface area contributed by atoms with Crippen LogP contribution in [-0.2, 0) is 4.79 Å². The molecule has 0 aromatic heterocycles. The molecule has 1 aliphatic rings. The molecular formula is C14H14ClF3N2O3. The molecule has 0 saturated heterocycles. The molecular weight excluding hydrogens is 337 g/mol. The van der Waals surface area contributed by atoms with Gasteiger partial charge in [-0.1, -0.05) is 11.6 Å². The lowest BCUT2D eigenvalue weighted by Gasteiger charge is -2.32. The molecule has 1 N–H and O–H groups in total. The Bertz CT molecular complexity index is 663. The highest BCUT2D eigenvalue weighted by Crippen LogP contribution is 2.40. The first-order valence-corrected chi connectivity index (χ1v) is 6.97. The van der Waals surface area contributed by atoms with Crippen molar-refractivity contribution in [3.8, 4) is 5.75 Å². The van der Waals surface area contributed by atoms with Gasteiger partial charge in [0.15, 0.2) is 6.61 Å². The van der Waals surface area contributed by atoms with Crippen LogP contribution in [0.1, 0.15) is 18.9 Å². The van der Waals surface area contributed by atoms with Gasteiger partial charge in [-0.25, -0.2) is 0 Å². The van der Waals surface area contributed by atoms with Gasteiger partial charge < -0.3 is 9.84 Å². The van der Waals surface area contributed by atoms with Crippen molar-refractivity contribution in [1.29, 1.82) is 0 Å². The fourth-order valence-corrected chi connectivity index (χ4v) is 2.23. The van der Waals surface area contributed by atoms with Gasteiger partial charge in [-0.3, -0.25) is 4.79 Å². The molecule has 1 aromatic carbocycles. The van der Waals surface area contributed by atoms with Gasteiger partial charge in [0.1, 0.15) is 5.75 Å². The van der Waals surface area contributed by atoms with Gasteiger partial charge in [-0.15, -0.1) is 0 Å². The average Bonchev–Trinajstić information content (AvgIpc) is 2.76. The predicted octanol–water partition coefficient (Wildman–Crippen LogP) is 2.89. The Labute approximate surface area is 135 Å². The number of nitrogens with zero attached hydrogens (tertiary/aromatic N) is 2. The second-order valence-corrected chi connectivity index (χ2v) is 5.64. The zero-order chi connectivity index (χ0) is 17.4. The molecule has 1 aromatic rings. The number of alkyl halides is 3. The summed E-state index contributed by atoms with van der Waals surface area (Å²) in [4.78, 5) is 12.0. The highest BCUT2D eigenvalue weighted by Gasteiger charge is 2.62. The zero-order valence-corrected chi connectivity index (χ0v) is 13.1. The summed E-state index contributed by atoms with van der Waals surface area (Å²) >= 11 is 5.84. The van der Waals surface area contributed by atoms with Crippen LogP contribution in [0, 0.1) is 6.92 Å². The van der Waals surface area contributed by atoms with Crippen molar-refractivity contribution < 1.29 is 27.8 Å². The van der Waals surface area contributed by atoms with Crippen molar-refractivity contribution in [2.45, 2.75) is 32.2 Å². The first-order valence-electron chi connectivity index (χ1n) is 6.60. The largest absolute Gasteiger partial charge is 0.484 e. The molecule has 1 heterocycles. The lowest BCUT2D eigenvalue weighted by atomic mass is 10.1. The van der Waals surface area contributed by atoms with E-state index in [0.29, 0.717) is 10.6 Å². The summed E-state index contributed by atoms with van der Waals surface area (Å²) in [5.41, 5.74) is -2.65. The van der Waals surface area contributed by atoms with E-state index in [-0.39, 0.29) is 16.5 Å². The number of carbonyl (C=O) groups is 1. The number of aliphatic hydroxyl groups is 1. The lowest BCUT2D eigenvalue weighted by molar-refractivity contribution is -0.302. The number of rotatable bonds is 3. The first-order chi connectivity index (χ1) is 10.5. The van der Waals surface area contributed by atoms with Crippen LogP contribution in [0.5, 0.6) is 5.75 Å². The summed E-state index contributed by atoms with van der Waals surface area (Å²) in [7, 11) is 0. The number of hydrogen-bond acceptors (Lipinski definition) is 4. The Hall–Kier alpha value is -1.80. The first kappa shape index (κ1) is 17.6. The van der Waals surface area contributed by atoms with Crippen molar-refractivity contribution in [3.05, 3.63) is 28.8 Å². The summed E-state index contributed by atoms with van der Waals surface area (Å²) in [5.74, 6) is -0.829. The van der Waals surface area contributed by atoms with Gasteiger partial charge in [-0.05, 0) is 37.6 Å². The molecule has 0 aliphatic carbocycles. The maximum absolute atomic E-state index is 13.0. The highest BCUT2D eigenvalue weighted by molar-refractivity contribution is 6.31. The molecule has 1 amide bonds. The van der Waals surface area contributed by atoms with E-state index in [4.69, 9.17) is 16.3 Å². The molecule has 1 aliphatic heterocycles. The number of amides is 1. The van der Waals surface area contributed by atoms with Crippen molar-refractivity contribution in [3.63, 3.8) is 0 Å². The number of hydrazone groups is 1. The third-order valence-corrected chi connectivity index (χ3v) is 3.73. The Balaban J connectivity index is 2.11. The van der Waals surface area contributed by atoms with E-state index in [1.165, 1.54) is 13.0 Å². The van der Waals surface area contributed by atoms with Gasteiger partial charge in [0.25, 0.3) is 11.6 Å². The minimum atomic E-state index is -5.03. The quantitative estimate of drug-likeness (QED) is 0.911. The van der Waals surface area contributed by atoms with E-state index in [1.54, 1.807) is 19.1 Å². The van der Waals surface area contributed by atoms with E-state index >= 15 is 0 Å². The topological polar surface area (TPSA) is 62.1 Å². The SMILES string of the molecule is CC1=NN(C(=O)COc2ccc(Cl)c(C)c2)[C@@](O)(C(F)(F)F)C1. The average molecular weight is 351 g/mol. The van der Waals surface area contributed by atoms with Crippen molar-refractivity contribution in [2.24, 2.45) is 5.10 Å². The van der Waals surface area contributed by atoms with Crippen molar-refractivity contribution >= 4 is 23.2 Å². The molecule has 0 radical (unpaired) electrons. The second kappa shape index (κ2) is 6.01. The van der Waals surface area contributed by atoms with Crippen LogP contribution in [0.3, 0.4) is 0 Å². The molecule has 126 valence electrons. The number of hydrogen-bond donors (Lipinski definition) is 1. The fraction of sp³-hybridized carbons (Fsp3) is 0.429. The van der Waals surface area contributed by atoms with E-state index < -0.39 is 30.8 Å². The molecule has 0 spiro atoms. The summed E-state index contributed by atoms with van der Waals surface area (Å²) in [6, 6.07) is 4.57. The Kier molecular flexibility index (Phi) is 4.59. The Morgan fingerprint density at radius 2 is 2.13 bits per heavy atom. The van der Waals surface area contributed by atoms with Gasteiger partial charge in [-0.2, -0.15) is 23.3 Å². The van der Waals surface area contributed by atoms with Crippen LogP contribution in [0.2, 0.25) is 5.02 Å². The van der Waals surface area contributed by atoms with Gasteiger partial charge >= 0.3 is 6.18 Å². The third kappa shape index (κ3) is 3.42. The van der Waals surface area contributed by atoms with E-state index in [9.17, 15) is 23.1 Å². The zero-order valence-electron chi connectivity index (χ0n) is 12.3. The van der Waals surface area contributed by atoms with Crippen LogP contribution in [-0.4, -0.2) is 40.2 Å². The van der Waals surface area contributed by atoms with Crippen LogP contribution < -0.4 is 4.74 Å². The van der Waals surface area contributed by atoms with Crippen LogP contribution in [0.4, 0.5) is 13.2 Å². The van der Waals surface area contributed by atoms with Gasteiger partial charge in [0.05, 0.1) is 0 Å². The second-order valence-electron chi connectivity index (χ2n) is 5.23. The fourth-order valence-electron chi connectivity index (χ4n) is 2.12.